The molecule has 0 aliphatic carbocycles. The summed E-state index contributed by atoms with van der Waals surface area (Å²) in [6.07, 6.45) is -0.991. The summed E-state index contributed by atoms with van der Waals surface area (Å²) < 4.78 is 104. The third-order valence-electron chi connectivity index (χ3n) is 9.48. The van der Waals surface area contributed by atoms with E-state index in [0.29, 0.717) is 46.7 Å². The summed E-state index contributed by atoms with van der Waals surface area (Å²) in [4.78, 5) is 51.9. The average Bonchev–Trinajstić information content (AvgIpc) is 3.88. The molecule has 0 spiro atoms. The topological polar surface area (TPSA) is 142 Å². The van der Waals surface area contributed by atoms with Gasteiger partial charge in [0, 0.05) is 44.0 Å². The highest BCUT2D eigenvalue weighted by molar-refractivity contribution is 7.89. The highest BCUT2D eigenvalue weighted by Gasteiger charge is 2.32. The minimum atomic E-state index is -4.83. The zero-order valence-corrected chi connectivity index (χ0v) is 33.8. The molecule has 2 heterocycles. The normalized spacial score (nSPS) is 12.7. The second kappa shape index (κ2) is 17.2. The molecule has 5 aromatic carbocycles. The molecule has 0 unspecified atom stereocenters. The zero-order chi connectivity index (χ0) is 42.9. The number of carbonyl (C=O) groups is 3. The van der Waals surface area contributed by atoms with Crippen LogP contribution in [0.2, 0.25) is 0 Å². The molecular weight excluding hydrogens is 848 g/mol. The van der Waals surface area contributed by atoms with Crippen molar-refractivity contribution >= 4 is 82.2 Å². The number of sulfonamides is 1. The zero-order valence-electron chi connectivity index (χ0n) is 31.3. The number of anilines is 2. The highest BCUT2D eigenvalue weighted by Crippen LogP contribution is 2.27. The van der Waals surface area contributed by atoms with Gasteiger partial charge in [0.1, 0.15) is 41.2 Å². The van der Waals surface area contributed by atoms with E-state index in [4.69, 9.17) is 0 Å². The van der Waals surface area contributed by atoms with Crippen LogP contribution in [-0.2, 0) is 32.5 Å². The Morgan fingerprint density at radius 3 is 1.60 bits per heavy atom. The Balaban J connectivity index is 1.18. The number of amides is 3. The summed E-state index contributed by atoms with van der Waals surface area (Å²) in [5.74, 6) is -7.92. The van der Waals surface area contributed by atoms with Gasteiger partial charge < -0.3 is 15.1 Å². The van der Waals surface area contributed by atoms with Crippen molar-refractivity contribution in [1.29, 1.82) is 0 Å². The number of nitrogens with zero attached hydrogens (tertiary/aromatic N) is 4. The van der Waals surface area contributed by atoms with Crippen molar-refractivity contribution in [3.8, 4) is 0 Å². The van der Waals surface area contributed by atoms with Gasteiger partial charge in [0.05, 0.1) is 41.9 Å². The lowest BCUT2D eigenvalue weighted by atomic mass is 10.0. The minimum absolute atomic E-state index is 0.0270. The highest BCUT2D eigenvalue weighted by atomic mass is 32.2. The molecule has 0 saturated carbocycles. The fourth-order valence-electron chi connectivity index (χ4n) is 6.48. The molecule has 0 bridgehead atoms. The van der Waals surface area contributed by atoms with Crippen LogP contribution in [0.3, 0.4) is 0 Å². The Bertz CT molecular complexity index is 2870. The van der Waals surface area contributed by atoms with Crippen molar-refractivity contribution in [1.82, 2.24) is 20.0 Å². The summed E-state index contributed by atoms with van der Waals surface area (Å²) in [6.45, 7) is 0. The summed E-state index contributed by atoms with van der Waals surface area (Å²) in [6, 6.07) is 13.8. The van der Waals surface area contributed by atoms with Crippen LogP contribution in [0.5, 0.6) is 0 Å². The quantitative estimate of drug-likeness (QED) is 0.117. The Kier molecular flexibility index (Phi) is 12.0. The lowest BCUT2D eigenvalue weighted by Gasteiger charge is -2.26. The van der Waals surface area contributed by atoms with Crippen molar-refractivity contribution in [3.63, 3.8) is 0 Å². The number of benzene rings is 5. The predicted octanol–water partition coefficient (Wildman–Crippen LogP) is 7.16. The second-order valence-electron chi connectivity index (χ2n) is 13.6. The monoisotopic (exact) mass is 878 g/mol. The number of rotatable bonds is 13. The first-order valence-corrected chi connectivity index (χ1v) is 21.0. The largest absolute Gasteiger partial charge is 0.340 e. The molecule has 0 fully saturated rings. The number of halogens is 5. The molecule has 3 amide bonds. The van der Waals surface area contributed by atoms with E-state index in [1.807, 2.05) is 0 Å². The van der Waals surface area contributed by atoms with Crippen LogP contribution >= 0.6 is 22.7 Å². The molecule has 11 nitrogen and oxygen atoms in total. The number of fused-ring (bicyclic) bond motifs is 2. The van der Waals surface area contributed by atoms with Gasteiger partial charge in [-0.3, -0.25) is 14.4 Å². The molecule has 2 atom stereocenters. The molecule has 0 saturated heterocycles. The van der Waals surface area contributed by atoms with E-state index in [9.17, 15) is 40.4 Å². The van der Waals surface area contributed by atoms with E-state index >= 15 is 4.39 Å². The predicted molar refractivity (Wildman–Crippen MR) is 218 cm³/mol. The van der Waals surface area contributed by atoms with Crippen LogP contribution in [-0.4, -0.2) is 62.3 Å². The number of aromatic nitrogens is 2. The van der Waals surface area contributed by atoms with Gasteiger partial charge in [-0.2, -0.15) is 4.72 Å². The second-order valence-corrected chi connectivity index (χ2v) is 17.1. The SMILES string of the molecule is CN(C(=O)[C@H](Cc1cc(F)cc(F)c1)NC(=O)c1cc(S(=O)(=O)N[C@@H](Cc2cc(F)cc(F)c2)C(=O)N(C)c2ccc3scnc3c2)ccc1F)c1ccc2scnc2c1. The molecular formula is C41H31F5N6O5S3. The standard InChI is InChI=1S/C41H31F5N6O5S3/c1-51(28-3-7-37-33(17-28)47-20-58-37)40(54)35(13-22-9-24(42)15-25(43)10-22)49-39(53)31-19-30(5-6-32(31)46)60(56,57)50-36(14-23-11-26(44)16-27(45)12-23)41(55)52(2)29-4-8-38-34(18-29)48-21-59-38/h3-12,15-21,35-36,50H,13-14H2,1-2H3,(H,49,53)/t35-,36-/m0/s1. The molecule has 2 N–H and O–H groups in total. The van der Waals surface area contributed by atoms with Gasteiger partial charge in [0.25, 0.3) is 5.91 Å². The van der Waals surface area contributed by atoms with E-state index in [1.165, 1.54) is 41.7 Å². The maximum atomic E-state index is 15.5. The molecule has 19 heteroatoms. The maximum Gasteiger partial charge on any atom is 0.254 e. The van der Waals surface area contributed by atoms with E-state index in [1.54, 1.807) is 47.4 Å². The van der Waals surface area contributed by atoms with Crippen molar-refractivity contribution in [2.24, 2.45) is 0 Å². The summed E-state index contributed by atoms with van der Waals surface area (Å²) >= 11 is 2.73. The van der Waals surface area contributed by atoms with Gasteiger partial charge in [-0.1, -0.05) is 0 Å². The molecule has 2 aromatic heterocycles. The fourth-order valence-corrected chi connectivity index (χ4v) is 9.01. The van der Waals surface area contributed by atoms with Crippen molar-refractivity contribution in [3.05, 3.63) is 148 Å². The van der Waals surface area contributed by atoms with Crippen molar-refractivity contribution in [2.75, 3.05) is 23.9 Å². The van der Waals surface area contributed by atoms with Gasteiger partial charge >= 0.3 is 0 Å². The van der Waals surface area contributed by atoms with Gasteiger partial charge in [-0.05, 0) is 96.4 Å². The van der Waals surface area contributed by atoms with Crippen LogP contribution in [0, 0.1) is 29.1 Å². The lowest BCUT2D eigenvalue weighted by Crippen LogP contribution is -2.49. The van der Waals surface area contributed by atoms with E-state index in [2.05, 4.69) is 20.0 Å². The number of hydrogen-bond acceptors (Lipinski definition) is 9. The maximum absolute atomic E-state index is 15.5. The minimum Gasteiger partial charge on any atom is -0.340 e. The summed E-state index contributed by atoms with van der Waals surface area (Å²) in [7, 11) is -2.07. The van der Waals surface area contributed by atoms with Gasteiger partial charge in [-0.15, -0.1) is 22.7 Å². The van der Waals surface area contributed by atoms with Crippen LogP contribution in [0.15, 0.2) is 107 Å². The first kappa shape index (κ1) is 42.0. The summed E-state index contributed by atoms with van der Waals surface area (Å²) in [5.41, 5.74) is 4.11. The smallest absolute Gasteiger partial charge is 0.254 e. The van der Waals surface area contributed by atoms with Gasteiger partial charge in [-0.25, -0.2) is 40.3 Å². The van der Waals surface area contributed by atoms with Crippen LogP contribution in [0.1, 0.15) is 21.5 Å². The van der Waals surface area contributed by atoms with Crippen LogP contribution in [0.4, 0.5) is 33.3 Å². The molecule has 7 rings (SSSR count). The Hall–Kier alpha value is -6.15. The number of likely N-dealkylation sites (N-methyl/N-ethyl adjacent to an activating group) is 2. The third kappa shape index (κ3) is 9.33. The molecule has 308 valence electrons. The van der Waals surface area contributed by atoms with Gasteiger partial charge in [0.15, 0.2) is 0 Å². The van der Waals surface area contributed by atoms with Gasteiger partial charge in [0.2, 0.25) is 21.8 Å². The number of nitrogens with one attached hydrogen (secondary N) is 2. The number of hydrogen-bond donors (Lipinski definition) is 2. The fraction of sp³-hybridized carbons (Fsp3) is 0.146. The first-order chi connectivity index (χ1) is 28.5. The van der Waals surface area contributed by atoms with Crippen molar-refractivity contribution in [2.45, 2.75) is 29.8 Å². The Morgan fingerprint density at radius 1 is 0.633 bits per heavy atom. The molecule has 0 radical (unpaired) electrons. The van der Waals surface area contributed by atoms with E-state index in [0.717, 1.165) is 44.6 Å². The molecule has 7 aromatic rings. The van der Waals surface area contributed by atoms with Crippen LogP contribution in [0.25, 0.3) is 20.4 Å². The number of carbonyl (C=O) groups excluding carboxylic acids is 3. The average molecular weight is 879 g/mol. The summed E-state index contributed by atoms with van der Waals surface area (Å²) in [5, 5.41) is 2.39. The third-order valence-corrected chi connectivity index (χ3v) is 12.6. The van der Waals surface area contributed by atoms with Crippen LogP contribution < -0.4 is 19.8 Å². The molecule has 0 aliphatic heterocycles. The molecule has 0 aliphatic rings. The first-order valence-electron chi connectivity index (χ1n) is 17.8. The van der Waals surface area contributed by atoms with E-state index < -0.39 is 92.2 Å². The Morgan fingerprint density at radius 2 is 1.10 bits per heavy atom. The Labute approximate surface area is 347 Å². The van der Waals surface area contributed by atoms with E-state index in [-0.39, 0.29) is 11.1 Å². The lowest BCUT2D eigenvalue weighted by molar-refractivity contribution is -0.120. The number of thiazole rings is 2. The molecule has 60 heavy (non-hydrogen) atoms. The van der Waals surface area contributed by atoms with Crippen molar-refractivity contribution < 1.29 is 44.8 Å².